The maximum Gasteiger partial charge on any atom is 0.119 e. The normalized spacial score (nSPS) is 23.1. The molecule has 3 nitrogen and oxygen atoms in total. The molecule has 0 aliphatic carbocycles. The van der Waals surface area contributed by atoms with Crippen LogP contribution in [0, 0.1) is 5.92 Å². The molecule has 0 amide bonds. The Morgan fingerprint density at radius 3 is 2.60 bits per heavy atom. The Morgan fingerprint density at radius 1 is 1.25 bits per heavy atom. The first kappa shape index (κ1) is 15.3. The Balaban J connectivity index is 1.71. The van der Waals surface area contributed by atoms with Gasteiger partial charge in [0.25, 0.3) is 0 Å². The number of hydrogen-bond acceptors (Lipinski definition) is 3. The van der Waals surface area contributed by atoms with E-state index in [0.717, 1.165) is 37.9 Å². The van der Waals surface area contributed by atoms with Crippen molar-refractivity contribution >= 4 is 0 Å². The lowest BCUT2D eigenvalue weighted by Crippen LogP contribution is -2.31. The molecule has 1 aromatic carbocycles. The van der Waals surface area contributed by atoms with E-state index < -0.39 is 0 Å². The van der Waals surface area contributed by atoms with Crippen molar-refractivity contribution in [3.05, 3.63) is 29.8 Å². The van der Waals surface area contributed by atoms with Gasteiger partial charge in [0.15, 0.2) is 0 Å². The summed E-state index contributed by atoms with van der Waals surface area (Å²) < 4.78 is 5.85. The fourth-order valence-electron chi connectivity index (χ4n) is 2.95. The third-order valence-corrected chi connectivity index (χ3v) is 4.06. The molecule has 0 saturated carbocycles. The van der Waals surface area contributed by atoms with Gasteiger partial charge in [0, 0.05) is 25.7 Å². The second-order valence-electron chi connectivity index (χ2n) is 5.96. The van der Waals surface area contributed by atoms with Gasteiger partial charge in [-0.25, -0.2) is 0 Å². The van der Waals surface area contributed by atoms with Crippen LogP contribution in [0.2, 0.25) is 0 Å². The van der Waals surface area contributed by atoms with Gasteiger partial charge >= 0.3 is 0 Å². The molecule has 112 valence electrons. The molecule has 2 unspecified atom stereocenters. The summed E-state index contributed by atoms with van der Waals surface area (Å²) in [6.45, 7) is 11.7. The van der Waals surface area contributed by atoms with Crippen molar-refractivity contribution in [1.29, 1.82) is 0 Å². The number of nitrogens with one attached hydrogen (secondary N) is 1. The lowest BCUT2D eigenvalue weighted by molar-refractivity contribution is 0.202. The molecule has 3 heteroatoms. The first-order chi connectivity index (χ1) is 9.69. The summed E-state index contributed by atoms with van der Waals surface area (Å²) in [6, 6.07) is 9.12. The molecule has 1 N–H and O–H groups in total. The van der Waals surface area contributed by atoms with E-state index in [4.69, 9.17) is 4.74 Å². The molecule has 2 rings (SSSR count). The predicted octanol–water partition coefficient (Wildman–Crippen LogP) is 2.91. The summed E-state index contributed by atoms with van der Waals surface area (Å²) in [6.07, 6.45) is 1.32. The third kappa shape index (κ3) is 4.50. The number of ether oxygens (including phenoxy) is 1. The fourth-order valence-corrected chi connectivity index (χ4v) is 2.95. The molecular formula is C17H28N2O. The van der Waals surface area contributed by atoms with Crippen molar-refractivity contribution in [2.24, 2.45) is 5.92 Å². The first-order valence-electron chi connectivity index (χ1n) is 7.85. The molecule has 0 spiro atoms. The standard InChI is InChI=1S/C17H28N2O/c1-4-18-12-16-5-7-17(8-6-16)20-10-9-19-13-14(2)11-15(19)3/h5-8,14-15,18H,4,9-13H2,1-3H3. The smallest absolute Gasteiger partial charge is 0.119 e. The van der Waals surface area contributed by atoms with E-state index in [1.165, 1.54) is 18.5 Å². The van der Waals surface area contributed by atoms with Gasteiger partial charge in [-0.2, -0.15) is 0 Å². The minimum atomic E-state index is 0.705. The van der Waals surface area contributed by atoms with Gasteiger partial charge in [-0.05, 0) is 43.5 Å². The van der Waals surface area contributed by atoms with Crippen LogP contribution in [0.25, 0.3) is 0 Å². The zero-order chi connectivity index (χ0) is 14.4. The molecule has 1 fully saturated rings. The van der Waals surface area contributed by atoms with E-state index in [0.29, 0.717) is 6.04 Å². The van der Waals surface area contributed by atoms with Gasteiger partial charge in [-0.3, -0.25) is 4.90 Å². The van der Waals surface area contributed by atoms with Crippen LogP contribution in [0.3, 0.4) is 0 Å². The van der Waals surface area contributed by atoms with Crippen LogP contribution < -0.4 is 10.1 Å². The first-order valence-corrected chi connectivity index (χ1v) is 7.85. The van der Waals surface area contributed by atoms with E-state index >= 15 is 0 Å². The van der Waals surface area contributed by atoms with E-state index in [2.05, 4.69) is 55.3 Å². The highest BCUT2D eigenvalue weighted by Crippen LogP contribution is 2.21. The van der Waals surface area contributed by atoms with Gasteiger partial charge < -0.3 is 10.1 Å². The van der Waals surface area contributed by atoms with E-state index in [1.54, 1.807) is 0 Å². The van der Waals surface area contributed by atoms with Gasteiger partial charge in [0.2, 0.25) is 0 Å². The summed E-state index contributed by atoms with van der Waals surface area (Å²) >= 11 is 0. The molecule has 0 bridgehead atoms. The maximum atomic E-state index is 5.85. The van der Waals surface area contributed by atoms with Crippen LogP contribution >= 0.6 is 0 Å². The molecule has 1 aliphatic rings. The van der Waals surface area contributed by atoms with Gasteiger partial charge in [-0.15, -0.1) is 0 Å². The largest absolute Gasteiger partial charge is 0.492 e. The Kier molecular flexibility index (Phi) is 5.86. The monoisotopic (exact) mass is 276 g/mol. The van der Waals surface area contributed by atoms with Crippen molar-refractivity contribution in [3.8, 4) is 5.75 Å². The van der Waals surface area contributed by atoms with Crippen LogP contribution in [0.1, 0.15) is 32.8 Å². The second-order valence-corrected chi connectivity index (χ2v) is 5.96. The Bertz CT molecular complexity index is 390. The lowest BCUT2D eigenvalue weighted by atomic mass is 10.1. The van der Waals surface area contributed by atoms with Gasteiger partial charge in [0.1, 0.15) is 12.4 Å². The van der Waals surface area contributed by atoms with Crippen molar-refractivity contribution in [3.63, 3.8) is 0 Å². The average molecular weight is 276 g/mol. The predicted molar refractivity (Wildman–Crippen MR) is 84.1 cm³/mol. The second kappa shape index (κ2) is 7.65. The zero-order valence-electron chi connectivity index (χ0n) is 13.1. The zero-order valence-corrected chi connectivity index (χ0v) is 13.1. The van der Waals surface area contributed by atoms with Crippen LogP contribution in [-0.4, -0.2) is 37.2 Å². The number of hydrogen-bond donors (Lipinski definition) is 1. The van der Waals surface area contributed by atoms with E-state index in [-0.39, 0.29) is 0 Å². The Morgan fingerprint density at radius 2 is 2.00 bits per heavy atom. The average Bonchev–Trinajstić information content (AvgIpc) is 2.76. The van der Waals surface area contributed by atoms with Crippen molar-refractivity contribution < 1.29 is 4.74 Å². The molecule has 1 saturated heterocycles. The van der Waals surface area contributed by atoms with Crippen LogP contribution in [0.15, 0.2) is 24.3 Å². The molecule has 20 heavy (non-hydrogen) atoms. The Labute approximate surface area is 123 Å². The summed E-state index contributed by atoms with van der Waals surface area (Å²) in [5, 5.41) is 3.33. The molecule has 0 aromatic heterocycles. The quantitative estimate of drug-likeness (QED) is 0.829. The highest BCUT2D eigenvalue weighted by molar-refractivity contribution is 5.27. The van der Waals surface area contributed by atoms with Gasteiger partial charge in [-0.1, -0.05) is 26.0 Å². The van der Waals surface area contributed by atoms with Crippen LogP contribution in [0.5, 0.6) is 5.75 Å². The number of nitrogens with zero attached hydrogens (tertiary/aromatic N) is 1. The summed E-state index contributed by atoms with van der Waals surface area (Å²) in [7, 11) is 0. The number of likely N-dealkylation sites (tertiary alicyclic amines) is 1. The molecule has 0 radical (unpaired) electrons. The summed E-state index contributed by atoms with van der Waals surface area (Å²) in [4.78, 5) is 2.53. The summed E-state index contributed by atoms with van der Waals surface area (Å²) in [5.41, 5.74) is 1.31. The van der Waals surface area contributed by atoms with Crippen LogP contribution in [0.4, 0.5) is 0 Å². The topological polar surface area (TPSA) is 24.5 Å². The SMILES string of the molecule is CCNCc1ccc(OCCN2CC(C)CC2C)cc1. The van der Waals surface area contributed by atoms with Gasteiger partial charge in [0.05, 0.1) is 0 Å². The maximum absolute atomic E-state index is 5.85. The van der Waals surface area contributed by atoms with Crippen molar-refractivity contribution in [1.82, 2.24) is 10.2 Å². The molecule has 1 heterocycles. The molecule has 2 atom stereocenters. The van der Waals surface area contributed by atoms with Crippen LogP contribution in [-0.2, 0) is 6.54 Å². The Hall–Kier alpha value is -1.06. The highest BCUT2D eigenvalue weighted by Gasteiger charge is 2.25. The summed E-state index contributed by atoms with van der Waals surface area (Å²) in [5.74, 6) is 1.81. The third-order valence-electron chi connectivity index (χ3n) is 4.06. The highest BCUT2D eigenvalue weighted by atomic mass is 16.5. The van der Waals surface area contributed by atoms with E-state index in [9.17, 15) is 0 Å². The lowest BCUT2D eigenvalue weighted by Gasteiger charge is -2.20. The minimum absolute atomic E-state index is 0.705. The van der Waals surface area contributed by atoms with Crippen molar-refractivity contribution in [2.45, 2.75) is 39.8 Å². The number of benzene rings is 1. The van der Waals surface area contributed by atoms with E-state index in [1.807, 2.05) is 0 Å². The number of rotatable bonds is 7. The molecular weight excluding hydrogens is 248 g/mol. The molecule has 1 aliphatic heterocycles. The fraction of sp³-hybridized carbons (Fsp3) is 0.647. The van der Waals surface area contributed by atoms with Crippen molar-refractivity contribution in [2.75, 3.05) is 26.2 Å². The minimum Gasteiger partial charge on any atom is -0.492 e. The molecule has 1 aromatic rings.